The van der Waals surface area contributed by atoms with Gasteiger partial charge in [0.2, 0.25) is 0 Å². The molecule has 2 nitrogen and oxygen atoms in total. The van der Waals surface area contributed by atoms with Gasteiger partial charge >= 0.3 is 0 Å². The van der Waals surface area contributed by atoms with Crippen LogP contribution >= 0.6 is 27.5 Å². The molecule has 0 atom stereocenters. The van der Waals surface area contributed by atoms with Crippen LogP contribution in [0.4, 0.5) is 8.78 Å². The van der Waals surface area contributed by atoms with Gasteiger partial charge in [0.25, 0.3) is 6.43 Å². The third-order valence-corrected chi connectivity index (χ3v) is 2.45. The van der Waals surface area contributed by atoms with Gasteiger partial charge in [0.1, 0.15) is 5.15 Å². The van der Waals surface area contributed by atoms with Crippen molar-refractivity contribution in [2.75, 3.05) is 0 Å². The minimum atomic E-state index is -2.62. The number of alkyl halides is 2. The van der Waals surface area contributed by atoms with E-state index < -0.39 is 6.43 Å². The van der Waals surface area contributed by atoms with Crippen molar-refractivity contribution >= 4 is 27.5 Å². The average Bonchev–Trinajstić information content (AvgIpc) is 2.07. The van der Waals surface area contributed by atoms with Crippen LogP contribution in [0.2, 0.25) is 5.15 Å². The standard InChI is InChI=1S/C7H6BrClF2N2/c8-4-1-3(7(10)11)6(9)13-5(4)2-12/h1,7H,2,12H2. The fourth-order valence-electron chi connectivity index (χ4n) is 0.812. The largest absolute Gasteiger partial charge is 0.325 e. The summed E-state index contributed by atoms with van der Waals surface area (Å²) >= 11 is 8.58. The lowest BCUT2D eigenvalue weighted by Crippen LogP contribution is -2.03. The van der Waals surface area contributed by atoms with Crippen molar-refractivity contribution in [1.29, 1.82) is 0 Å². The molecule has 0 saturated heterocycles. The summed E-state index contributed by atoms with van der Waals surface area (Å²) in [4.78, 5) is 3.73. The third kappa shape index (κ3) is 2.36. The lowest BCUT2D eigenvalue weighted by molar-refractivity contribution is 0.151. The molecule has 0 unspecified atom stereocenters. The number of pyridine rings is 1. The first kappa shape index (κ1) is 10.8. The van der Waals surface area contributed by atoms with Gasteiger partial charge in [-0.05, 0) is 22.0 Å². The van der Waals surface area contributed by atoms with Gasteiger partial charge in [-0.25, -0.2) is 13.8 Å². The second-order valence-electron chi connectivity index (χ2n) is 2.30. The topological polar surface area (TPSA) is 38.9 Å². The molecule has 72 valence electrons. The van der Waals surface area contributed by atoms with Crippen LogP contribution in [0.1, 0.15) is 17.7 Å². The molecule has 0 radical (unpaired) electrons. The van der Waals surface area contributed by atoms with Crippen molar-refractivity contribution < 1.29 is 8.78 Å². The van der Waals surface area contributed by atoms with Gasteiger partial charge in [0.05, 0.1) is 11.3 Å². The summed E-state index contributed by atoms with van der Waals surface area (Å²) in [5.74, 6) is 0. The van der Waals surface area contributed by atoms with E-state index >= 15 is 0 Å². The Morgan fingerprint density at radius 3 is 2.69 bits per heavy atom. The fourth-order valence-corrected chi connectivity index (χ4v) is 1.55. The molecule has 0 spiro atoms. The first-order chi connectivity index (χ1) is 6.06. The van der Waals surface area contributed by atoms with Crippen LogP contribution in [0, 0.1) is 0 Å². The van der Waals surface area contributed by atoms with Crippen LogP contribution in [0.3, 0.4) is 0 Å². The molecule has 1 heterocycles. The second-order valence-corrected chi connectivity index (χ2v) is 3.51. The smallest absolute Gasteiger partial charge is 0.266 e. The Morgan fingerprint density at radius 2 is 2.23 bits per heavy atom. The number of aromatic nitrogens is 1. The zero-order valence-corrected chi connectivity index (χ0v) is 8.74. The summed E-state index contributed by atoms with van der Waals surface area (Å²) in [6.45, 7) is 0.157. The molecule has 2 N–H and O–H groups in total. The lowest BCUT2D eigenvalue weighted by atomic mass is 10.2. The first-order valence-electron chi connectivity index (χ1n) is 3.39. The molecule has 1 rings (SSSR count). The van der Waals surface area contributed by atoms with E-state index in [2.05, 4.69) is 20.9 Å². The zero-order valence-electron chi connectivity index (χ0n) is 6.40. The molecular weight excluding hydrogens is 265 g/mol. The predicted molar refractivity (Wildman–Crippen MR) is 49.8 cm³/mol. The van der Waals surface area contributed by atoms with Crippen molar-refractivity contribution in [2.45, 2.75) is 13.0 Å². The number of halogens is 4. The first-order valence-corrected chi connectivity index (χ1v) is 4.56. The summed E-state index contributed by atoms with van der Waals surface area (Å²) in [7, 11) is 0. The number of rotatable bonds is 2. The molecule has 13 heavy (non-hydrogen) atoms. The van der Waals surface area contributed by atoms with Crippen LogP contribution in [0.5, 0.6) is 0 Å². The van der Waals surface area contributed by atoms with Gasteiger partial charge in [-0.3, -0.25) is 0 Å². The minimum absolute atomic E-state index is 0.157. The number of hydrogen-bond acceptors (Lipinski definition) is 2. The summed E-state index contributed by atoms with van der Waals surface area (Å²) in [5.41, 5.74) is 5.49. The van der Waals surface area contributed by atoms with Crippen molar-refractivity contribution in [3.63, 3.8) is 0 Å². The number of nitrogens with zero attached hydrogens (tertiary/aromatic N) is 1. The molecule has 0 fully saturated rings. The van der Waals surface area contributed by atoms with Crippen LogP contribution in [-0.4, -0.2) is 4.98 Å². The normalized spacial score (nSPS) is 10.9. The van der Waals surface area contributed by atoms with E-state index in [-0.39, 0.29) is 17.3 Å². The van der Waals surface area contributed by atoms with Gasteiger partial charge < -0.3 is 5.73 Å². The van der Waals surface area contributed by atoms with E-state index in [1.807, 2.05) is 0 Å². The van der Waals surface area contributed by atoms with E-state index in [4.69, 9.17) is 17.3 Å². The molecule has 0 saturated carbocycles. The number of nitrogens with two attached hydrogens (primary N) is 1. The van der Waals surface area contributed by atoms with Crippen molar-refractivity contribution in [3.05, 3.63) is 26.9 Å². The molecule has 0 aliphatic carbocycles. The molecule has 6 heteroatoms. The summed E-state index contributed by atoms with van der Waals surface area (Å²) in [5, 5.41) is -0.196. The highest BCUT2D eigenvalue weighted by molar-refractivity contribution is 9.10. The Balaban J connectivity index is 3.20. The third-order valence-electron chi connectivity index (χ3n) is 1.46. The molecular formula is C7H6BrClF2N2. The summed E-state index contributed by atoms with van der Waals surface area (Å²) < 4.78 is 25.0. The molecule has 0 bridgehead atoms. The maximum Gasteiger partial charge on any atom is 0.266 e. The van der Waals surface area contributed by atoms with Gasteiger partial charge in [0, 0.05) is 11.0 Å². The quantitative estimate of drug-likeness (QED) is 0.840. The van der Waals surface area contributed by atoms with Crippen molar-refractivity contribution in [1.82, 2.24) is 4.98 Å². The Morgan fingerprint density at radius 1 is 1.62 bits per heavy atom. The van der Waals surface area contributed by atoms with Gasteiger partial charge in [0.15, 0.2) is 0 Å². The monoisotopic (exact) mass is 270 g/mol. The molecule has 0 amide bonds. The van der Waals surface area contributed by atoms with E-state index in [1.165, 1.54) is 6.07 Å². The van der Waals surface area contributed by atoms with E-state index in [0.717, 1.165) is 0 Å². The van der Waals surface area contributed by atoms with E-state index in [1.54, 1.807) is 0 Å². The molecule has 0 aromatic carbocycles. The summed E-state index contributed by atoms with van der Waals surface area (Å²) in [6.07, 6.45) is -2.62. The van der Waals surface area contributed by atoms with Gasteiger partial charge in [-0.1, -0.05) is 11.6 Å². The van der Waals surface area contributed by atoms with Crippen molar-refractivity contribution in [3.8, 4) is 0 Å². The molecule has 1 aromatic rings. The summed E-state index contributed by atoms with van der Waals surface area (Å²) in [6, 6.07) is 1.24. The van der Waals surface area contributed by atoms with Crippen LogP contribution in [0.25, 0.3) is 0 Å². The van der Waals surface area contributed by atoms with Crippen LogP contribution in [-0.2, 0) is 6.54 Å². The Kier molecular flexibility index (Phi) is 3.58. The van der Waals surface area contributed by atoms with E-state index in [0.29, 0.717) is 10.2 Å². The Hall–Kier alpha value is -0.260. The molecule has 0 aliphatic rings. The van der Waals surface area contributed by atoms with E-state index in [9.17, 15) is 8.78 Å². The highest BCUT2D eigenvalue weighted by atomic mass is 79.9. The van der Waals surface area contributed by atoms with Gasteiger partial charge in [-0.2, -0.15) is 0 Å². The van der Waals surface area contributed by atoms with Crippen molar-refractivity contribution in [2.24, 2.45) is 5.73 Å². The maximum absolute atomic E-state index is 12.3. The maximum atomic E-state index is 12.3. The molecule has 0 aliphatic heterocycles. The Labute approximate surface area is 87.2 Å². The Bertz CT molecular complexity index is 320. The second kappa shape index (κ2) is 4.30. The van der Waals surface area contributed by atoms with Gasteiger partial charge in [-0.15, -0.1) is 0 Å². The van der Waals surface area contributed by atoms with Crippen LogP contribution in [0.15, 0.2) is 10.5 Å². The predicted octanol–water partition coefficient (Wildman–Crippen LogP) is 2.89. The highest BCUT2D eigenvalue weighted by Gasteiger charge is 2.15. The highest BCUT2D eigenvalue weighted by Crippen LogP contribution is 2.29. The average molecular weight is 271 g/mol. The lowest BCUT2D eigenvalue weighted by Gasteiger charge is -2.06. The SMILES string of the molecule is NCc1nc(Cl)c(C(F)F)cc1Br. The zero-order chi connectivity index (χ0) is 10.0. The van der Waals surface area contributed by atoms with Crippen LogP contribution < -0.4 is 5.73 Å². The fraction of sp³-hybridized carbons (Fsp3) is 0.286. The molecule has 1 aromatic heterocycles. The minimum Gasteiger partial charge on any atom is -0.325 e. The number of hydrogen-bond donors (Lipinski definition) is 1.